The summed E-state index contributed by atoms with van der Waals surface area (Å²) in [4.78, 5) is 4.18. The van der Waals surface area contributed by atoms with Crippen LogP contribution in [0.5, 0.6) is 0 Å². The summed E-state index contributed by atoms with van der Waals surface area (Å²) in [7, 11) is 3.57. The third-order valence-corrected chi connectivity index (χ3v) is 2.25. The fourth-order valence-electron chi connectivity index (χ4n) is 1.04. The SMILES string of the molecule is CNCCc1ncc(C(C)(C)OC)o1. The van der Waals surface area contributed by atoms with Crippen molar-refractivity contribution in [2.24, 2.45) is 0 Å². The summed E-state index contributed by atoms with van der Waals surface area (Å²) >= 11 is 0. The zero-order valence-corrected chi connectivity index (χ0v) is 9.26. The molecule has 0 radical (unpaired) electrons. The summed E-state index contributed by atoms with van der Waals surface area (Å²) in [5.41, 5.74) is -0.398. The van der Waals surface area contributed by atoms with Gasteiger partial charge < -0.3 is 14.5 Å². The molecule has 0 unspecified atom stereocenters. The lowest BCUT2D eigenvalue weighted by molar-refractivity contribution is 0.000118. The predicted octanol–water partition coefficient (Wildman–Crippen LogP) is 1.32. The average Bonchev–Trinajstić information content (AvgIpc) is 2.63. The molecular weight excluding hydrogens is 180 g/mol. The zero-order valence-electron chi connectivity index (χ0n) is 9.26. The van der Waals surface area contributed by atoms with Gasteiger partial charge in [-0.15, -0.1) is 0 Å². The first-order chi connectivity index (χ1) is 6.60. The van der Waals surface area contributed by atoms with Crippen LogP contribution in [0.15, 0.2) is 10.6 Å². The molecule has 80 valence electrons. The highest BCUT2D eigenvalue weighted by Crippen LogP contribution is 2.24. The molecule has 14 heavy (non-hydrogen) atoms. The normalized spacial score (nSPS) is 12.0. The predicted molar refractivity (Wildman–Crippen MR) is 54.2 cm³/mol. The van der Waals surface area contributed by atoms with Crippen molar-refractivity contribution < 1.29 is 9.15 Å². The van der Waals surface area contributed by atoms with Gasteiger partial charge in [-0.25, -0.2) is 4.98 Å². The van der Waals surface area contributed by atoms with Crippen LogP contribution in [0.1, 0.15) is 25.5 Å². The molecule has 1 N–H and O–H groups in total. The Hall–Kier alpha value is -0.870. The fourth-order valence-corrected chi connectivity index (χ4v) is 1.04. The van der Waals surface area contributed by atoms with Crippen LogP contribution in [0.25, 0.3) is 0 Å². The number of oxazole rings is 1. The lowest BCUT2D eigenvalue weighted by atomic mass is 10.1. The van der Waals surface area contributed by atoms with Crippen LogP contribution >= 0.6 is 0 Å². The van der Waals surface area contributed by atoms with Gasteiger partial charge in [0, 0.05) is 20.1 Å². The molecule has 0 amide bonds. The minimum absolute atomic E-state index is 0.398. The van der Waals surface area contributed by atoms with Gasteiger partial charge in [-0.1, -0.05) is 0 Å². The molecule has 0 aliphatic rings. The van der Waals surface area contributed by atoms with Crippen LogP contribution in [0.4, 0.5) is 0 Å². The number of likely N-dealkylation sites (N-methyl/N-ethyl adjacent to an activating group) is 1. The van der Waals surface area contributed by atoms with E-state index >= 15 is 0 Å². The van der Waals surface area contributed by atoms with Gasteiger partial charge in [-0.05, 0) is 20.9 Å². The highest BCUT2D eigenvalue weighted by molar-refractivity contribution is 5.03. The van der Waals surface area contributed by atoms with E-state index in [0.717, 1.165) is 24.6 Å². The van der Waals surface area contributed by atoms with Crippen LogP contribution < -0.4 is 5.32 Å². The Morgan fingerprint density at radius 1 is 1.57 bits per heavy atom. The van der Waals surface area contributed by atoms with Crippen molar-refractivity contribution in [1.82, 2.24) is 10.3 Å². The van der Waals surface area contributed by atoms with Gasteiger partial charge in [0.05, 0.1) is 6.20 Å². The van der Waals surface area contributed by atoms with Crippen molar-refractivity contribution in [2.45, 2.75) is 25.9 Å². The minimum Gasteiger partial charge on any atom is -0.443 e. The van der Waals surface area contributed by atoms with E-state index in [-0.39, 0.29) is 0 Å². The van der Waals surface area contributed by atoms with Crippen molar-refractivity contribution in [3.8, 4) is 0 Å². The Morgan fingerprint density at radius 3 is 2.86 bits per heavy atom. The first-order valence-electron chi connectivity index (χ1n) is 4.75. The van der Waals surface area contributed by atoms with E-state index in [0.29, 0.717) is 0 Å². The molecule has 0 atom stereocenters. The van der Waals surface area contributed by atoms with Gasteiger partial charge in [-0.2, -0.15) is 0 Å². The molecule has 1 aromatic heterocycles. The van der Waals surface area contributed by atoms with Gasteiger partial charge in [-0.3, -0.25) is 0 Å². The molecule has 0 spiro atoms. The Labute approximate surface area is 84.7 Å². The number of nitrogens with zero attached hydrogens (tertiary/aromatic N) is 1. The maximum atomic E-state index is 5.57. The molecule has 1 heterocycles. The number of hydrogen-bond acceptors (Lipinski definition) is 4. The number of rotatable bonds is 5. The van der Waals surface area contributed by atoms with Crippen molar-refractivity contribution in [3.05, 3.63) is 17.8 Å². The molecule has 4 nitrogen and oxygen atoms in total. The number of methoxy groups -OCH3 is 1. The molecule has 0 bridgehead atoms. The van der Waals surface area contributed by atoms with Gasteiger partial charge in [0.1, 0.15) is 5.60 Å². The first kappa shape index (κ1) is 11.2. The summed E-state index contributed by atoms with van der Waals surface area (Å²) in [6, 6.07) is 0. The topological polar surface area (TPSA) is 47.3 Å². The number of ether oxygens (including phenoxy) is 1. The van der Waals surface area contributed by atoms with E-state index in [1.807, 2.05) is 20.9 Å². The molecule has 4 heteroatoms. The highest BCUT2D eigenvalue weighted by atomic mass is 16.5. The molecule has 0 saturated carbocycles. The lowest BCUT2D eigenvalue weighted by Gasteiger charge is -2.18. The molecular formula is C10H18N2O2. The summed E-state index contributed by atoms with van der Waals surface area (Å²) in [5.74, 6) is 1.52. The highest BCUT2D eigenvalue weighted by Gasteiger charge is 2.24. The minimum atomic E-state index is -0.398. The second-order valence-corrected chi connectivity index (χ2v) is 3.69. The zero-order chi connectivity index (χ0) is 10.6. The largest absolute Gasteiger partial charge is 0.443 e. The maximum absolute atomic E-state index is 5.57. The van der Waals surface area contributed by atoms with E-state index < -0.39 is 5.60 Å². The van der Waals surface area contributed by atoms with Crippen molar-refractivity contribution in [3.63, 3.8) is 0 Å². The Morgan fingerprint density at radius 2 is 2.29 bits per heavy atom. The molecule has 0 aliphatic heterocycles. The molecule has 0 aliphatic carbocycles. The van der Waals surface area contributed by atoms with Crippen LogP contribution in [-0.4, -0.2) is 25.7 Å². The average molecular weight is 198 g/mol. The Kier molecular flexibility index (Phi) is 3.66. The standard InChI is InChI=1S/C10H18N2O2/c1-10(2,13-4)8-7-12-9(14-8)5-6-11-3/h7,11H,5-6H2,1-4H3. The van der Waals surface area contributed by atoms with Crippen molar-refractivity contribution >= 4 is 0 Å². The van der Waals surface area contributed by atoms with Gasteiger partial charge in [0.2, 0.25) is 0 Å². The number of hydrogen-bond donors (Lipinski definition) is 1. The molecule has 0 aromatic carbocycles. The van der Waals surface area contributed by atoms with E-state index in [9.17, 15) is 0 Å². The van der Waals surface area contributed by atoms with Gasteiger partial charge in [0.25, 0.3) is 0 Å². The second-order valence-electron chi connectivity index (χ2n) is 3.69. The van der Waals surface area contributed by atoms with Gasteiger partial charge in [0.15, 0.2) is 11.7 Å². The molecule has 0 saturated heterocycles. The van der Waals surface area contributed by atoms with Crippen molar-refractivity contribution in [2.75, 3.05) is 20.7 Å². The van der Waals surface area contributed by atoms with Crippen LogP contribution in [0.2, 0.25) is 0 Å². The summed E-state index contributed by atoms with van der Waals surface area (Å²) in [6.45, 7) is 4.78. The van der Waals surface area contributed by atoms with Crippen LogP contribution in [0, 0.1) is 0 Å². The van der Waals surface area contributed by atoms with Gasteiger partial charge >= 0.3 is 0 Å². The monoisotopic (exact) mass is 198 g/mol. The second kappa shape index (κ2) is 4.57. The van der Waals surface area contributed by atoms with E-state index in [2.05, 4.69) is 10.3 Å². The van der Waals surface area contributed by atoms with Crippen molar-refractivity contribution in [1.29, 1.82) is 0 Å². The third-order valence-electron chi connectivity index (χ3n) is 2.25. The summed E-state index contributed by atoms with van der Waals surface area (Å²) < 4.78 is 10.9. The third kappa shape index (κ3) is 2.56. The molecule has 1 aromatic rings. The smallest absolute Gasteiger partial charge is 0.195 e. The Balaban J connectivity index is 2.67. The van der Waals surface area contributed by atoms with E-state index in [4.69, 9.17) is 9.15 Å². The lowest BCUT2D eigenvalue weighted by Crippen LogP contribution is -2.18. The van der Waals surface area contributed by atoms with Crippen LogP contribution in [-0.2, 0) is 16.8 Å². The molecule has 0 fully saturated rings. The van der Waals surface area contributed by atoms with E-state index in [1.165, 1.54) is 0 Å². The summed E-state index contributed by atoms with van der Waals surface area (Å²) in [6.07, 6.45) is 2.53. The quantitative estimate of drug-likeness (QED) is 0.775. The number of aromatic nitrogens is 1. The van der Waals surface area contributed by atoms with E-state index in [1.54, 1.807) is 13.3 Å². The van der Waals surface area contributed by atoms with Crippen LogP contribution in [0.3, 0.4) is 0 Å². The fraction of sp³-hybridized carbons (Fsp3) is 0.700. The first-order valence-corrected chi connectivity index (χ1v) is 4.75. The summed E-state index contributed by atoms with van der Waals surface area (Å²) in [5, 5.41) is 3.05. The maximum Gasteiger partial charge on any atom is 0.195 e. The Bertz CT molecular complexity index is 281. The number of nitrogens with one attached hydrogen (secondary N) is 1. The molecule has 1 rings (SSSR count).